The van der Waals surface area contributed by atoms with Crippen molar-refractivity contribution >= 4 is 0 Å². The highest BCUT2D eigenvalue weighted by molar-refractivity contribution is 5.15. The van der Waals surface area contributed by atoms with Crippen LogP contribution in [0, 0.1) is 5.92 Å². The second-order valence-corrected chi connectivity index (χ2v) is 7.40. The van der Waals surface area contributed by atoms with Crippen LogP contribution in [-0.4, -0.2) is 28.7 Å². The minimum absolute atomic E-state index is 0.0933. The normalized spacial score (nSPS) is 46.3. The molecule has 4 aliphatic rings. The molecule has 0 aromatic rings. The summed E-state index contributed by atoms with van der Waals surface area (Å²) >= 11 is 0. The van der Waals surface area contributed by atoms with Gasteiger partial charge in [-0.1, -0.05) is 17.7 Å². The van der Waals surface area contributed by atoms with E-state index in [0.717, 1.165) is 32.1 Å². The minimum atomic E-state index is -0.939. The van der Waals surface area contributed by atoms with E-state index in [-0.39, 0.29) is 12.2 Å². The molecule has 22 heavy (non-hydrogen) atoms. The summed E-state index contributed by atoms with van der Waals surface area (Å²) in [4.78, 5) is 11.4. The Labute approximate surface area is 133 Å². The van der Waals surface area contributed by atoms with Gasteiger partial charge in [-0.3, -0.25) is 0 Å². The molecule has 4 atom stereocenters. The van der Waals surface area contributed by atoms with Crippen molar-refractivity contribution in [2.75, 3.05) is 0 Å². The van der Waals surface area contributed by atoms with Crippen molar-refractivity contribution in [1.29, 1.82) is 0 Å². The Morgan fingerprint density at radius 3 is 2.82 bits per heavy atom. The molecule has 1 spiro atoms. The Morgan fingerprint density at radius 1 is 1.32 bits per heavy atom. The summed E-state index contributed by atoms with van der Waals surface area (Å²) in [5.74, 6) is -0.173. The van der Waals surface area contributed by atoms with Crippen molar-refractivity contribution in [3.63, 3.8) is 0 Å². The van der Waals surface area contributed by atoms with Gasteiger partial charge in [0, 0.05) is 12.8 Å². The maximum atomic E-state index is 10.6. The van der Waals surface area contributed by atoms with Gasteiger partial charge in [0.2, 0.25) is 5.79 Å². The fourth-order valence-corrected chi connectivity index (χ4v) is 4.06. The van der Waals surface area contributed by atoms with E-state index >= 15 is 0 Å². The maximum absolute atomic E-state index is 10.6. The van der Waals surface area contributed by atoms with Crippen molar-refractivity contribution in [3.8, 4) is 0 Å². The first-order chi connectivity index (χ1) is 10.4. The summed E-state index contributed by atoms with van der Waals surface area (Å²) < 4.78 is 6.27. The number of hydrogen-bond donors (Lipinski definition) is 1. The molecule has 2 saturated carbocycles. The van der Waals surface area contributed by atoms with Crippen LogP contribution in [0.5, 0.6) is 0 Å². The number of rotatable bonds is 1. The van der Waals surface area contributed by atoms with E-state index in [0.29, 0.717) is 18.8 Å². The standard InChI is InChI=1S/C18H28O4/c1-4-17(19)6-5-7-18(12-17)20-13(2)8-15-10-16(11-15)9-14(3)21-22-18/h4,9,13-15,19H,1,5-8,10-12H2,2-3H3. The zero-order valence-corrected chi connectivity index (χ0v) is 13.7. The smallest absolute Gasteiger partial charge is 0.204 e. The van der Waals surface area contributed by atoms with Crippen LogP contribution in [0.3, 0.4) is 0 Å². The molecule has 4 heteroatoms. The highest BCUT2D eigenvalue weighted by Crippen LogP contribution is 2.43. The highest BCUT2D eigenvalue weighted by atomic mass is 17.2. The summed E-state index contributed by atoms with van der Waals surface area (Å²) in [6.07, 6.45) is 9.72. The van der Waals surface area contributed by atoms with Gasteiger partial charge in [-0.2, -0.15) is 0 Å². The Morgan fingerprint density at radius 2 is 2.09 bits per heavy atom. The highest BCUT2D eigenvalue weighted by Gasteiger charge is 2.47. The van der Waals surface area contributed by atoms with Gasteiger partial charge < -0.3 is 9.84 Å². The van der Waals surface area contributed by atoms with Gasteiger partial charge in [0.25, 0.3) is 0 Å². The summed E-state index contributed by atoms with van der Waals surface area (Å²) in [6, 6.07) is 0. The van der Waals surface area contributed by atoms with Crippen molar-refractivity contribution in [3.05, 3.63) is 24.3 Å². The third kappa shape index (κ3) is 3.46. The number of fused-ring (bicyclic) bond motifs is 5. The lowest BCUT2D eigenvalue weighted by Gasteiger charge is -2.44. The molecule has 0 radical (unpaired) electrons. The van der Waals surface area contributed by atoms with E-state index in [2.05, 4.69) is 19.6 Å². The van der Waals surface area contributed by atoms with Crippen LogP contribution < -0.4 is 0 Å². The average Bonchev–Trinajstić information content (AvgIpc) is 2.45. The van der Waals surface area contributed by atoms with E-state index in [1.165, 1.54) is 5.57 Å². The summed E-state index contributed by atoms with van der Waals surface area (Å²) in [5, 5.41) is 10.6. The number of aliphatic hydroxyl groups is 1. The van der Waals surface area contributed by atoms with Crippen LogP contribution in [0.25, 0.3) is 0 Å². The number of hydrogen-bond acceptors (Lipinski definition) is 4. The predicted molar refractivity (Wildman–Crippen MR) is 83.9 cm³/mol. The summed E-state index contributed by atoms with van der Waals surface area (Å²) in [6.45, 7) is 7.84. The van der Waals surface area contributed by atoms with Crippen LogP contribution >= 0.6 is 0 Å². The molecule has 4 unspecified atom stereocenters. The van der Waals surface area contributed by atoms with E-state index in [1.54, 1.807) is 6.08 Å². The monoisotopic (exact) mass is 308 g/mol. The van der Waals surface area contributed by atoms with E-state index in [1.807, 2.05) is 6.92 Å². The molecule has 0 saturated heterocycles. The van der Waals surface area contributed by atoms with E-state index in [9.17, 15) is 5.11 Å². The van der Waals surface area contributed by atoms with Crippen LogP contribution in [0.15, 0.2) is 24.3 Å². The van der Waals surface area contributed by atoms with Crippen molar-refractivity contribution in [2.45, 2.75) is 82.4 Å². The molecule has 0 aromatic carbocycles. The Kier molecular flexibility index (Phi) is 4.47. The van der Waals surface area contributed by atoms with Crippen molar-refractivity contribution in [1.82, 2.24) is 0 Å². The summed E-state index contributed by atoms with van der Waals surface area (Å²) in [5.41, 5.74) is 0.515. The third-order valence-electron chi connectivity index (χ3n) is 5.13. The Bertz CT molecular complexity index is 452. The van der Waals surface area contributed by atoms with Crippen LogP contribution in [-0.2, 0) is 14.5 Å². The van der Waals surface area contributed by atoms with Gasteiger partial charge in [0.1, 0.15) is 6.10 Å². The Balaban J connectivity index is 1.79. The van der Waals surface area contributed by atoms with Gasteiger partial charge in [0.05, 0.1) is 11.7 Å². The van der Waals surface area contributed by atoms with Crippen LogP contribution in [0.4, 0.5) is 0 Å². The van der Waals surface area contributed by atoms with Gasteiger partial charge in [-0.25, -0.2) is 9.78 Å². The molecule has 2 aliphatic carbocycles. The lowest BCUT2D eigenvalue weighted by atomic mass is 9.76. The zero-order chi connectivity index (χ0) is 15.8. The molecule has 4 rings (SSSR count). The first-order valence-corrected chi connectivity index (χ1v) is 8.50. The quantitative estimate of drug-likeness (QED) is 0.593. The number of allylic oxidation sites excluding steroid dienone is 1. The minimum Gasteiger partial charge on any atom is -0.386 e. The first kappa shape index (κ1) is 16.2. The average molecular weight is 308 g/mol. The molecule has 2 heterocycles. The lowest BCUT2D eigenvalue weighted by molar-refractivity contribution is -0.456. The topological polar surface area (TPSA) is 47.9 Å². The SMILES string of the molecule is C=CC1(O)CCCC2(C1)OOC(C)C=C1CC(C1)CC(C)O2. The zero-order valence-electron chi connectivity index (χ0n) is 13.7. The molecule has 2 bridgehead atoms. The fourth-order valence-electron chi connectivity index (χ4n) is 4.06. The molecular weight excluding hydrogens is 280 g/mol. The lowest BCUT2D eigenvalue weighted by Crippen LogP contribution is -2.50. The van der Waals surface area contributed by atoms with Gasteiger partial charge >= 0.3 is 0 Å². The predicted octanol–water partition coefficient (Wildman–Crippen LogP) is 3.66. The van der Waals surface area contributed by atoms with Gasteiger partial charge in [-0.05, 0) is 51.9 Å². The Hall–Kier alpha value is -0.680. The van der Waals surface area contributed by atoms with Crippen LogP contribution in [0.1, 0.15) is 58.8 Å². The van der Waals surface area contributed by atoms with Gasteiger partial charge in [0.15, 0.2) is 0 Å². The van der Waals surface area contributed by atoms with Gasteiger partial charge in [-0.15, -0.1) is 6.58 Å². The second-order valence-electron chi connectivity index (χ2n) is 7.40. The van der Waals surface area contributed by atoms with Crippen LogP contribution in [0.2, 0.25) is 0 Å². The second kappa shape index (κ2) is 6.08. The van der Waals surface area contributed by atoms with E-state index < -0.39 is 11.4 Å². The largest absolute Gasteiger partial charge is 0.386 e. The summed E-state index contributed by atoms with van der Waals surface area (Å²) in [7, 11) is 0. The van der Waals surface area contributed by atoms with E-state index in [4.69, 9.17) is 14.5 Å². The van der Waals surface area contributed by atoms with Crippen molar-refractivity contribution < 1.29 is 19.6 Å². The first-order valence-electron chi connectivity index (χ1n) is 8.50. The fraction of sp³-hybridized carbons (Fsp3) is 0.778. The maximum Gasteiger partial charge on any atom is 0.204 e. The molecule has 124 valence electrons. The molecular formula is C18H28O4. The molecule has 0 amide bonds. The molecule has 2 aliphatic heterocycles. The third-order valence-corrected chi connectivity index (χ3v) is 5.13. The molecule has 0 aromatic heterocycles. The molecule has 2 fully saturated rings. The van der Waals surface area contributed by atoms with Crippen molar-refractivity contribution in [2.24, 2.45) is 5.92 Å². The molecule has 1 N–H and O–H groups in total. The molecule has 4 nitrogen and oxygen atoms in total. The number of ether oxygens (including phenoxy) is 1.